The van der Waals surface area contributed by atoms with E-state index in [1.54, 1.807) is 24.3 Å². The van der Waals surface area contributed by atoms with Crippen LogP contribution in [0, 0.1) is 5.92 Å². The lowest BCUT2D eigenvalue weighted by Gasteiger charge is -2.25. The molecule has 27 heavy (non-hydrogen) atoms. The maximum atomic E-state index is 13.3. The highest BCUT2D eigenvalue weighted by atomic mass is 35.5. The third-order valence-electron chi connectivity index (χ3n) is 4.48. The van der Waals surface area contributed by atoms with Crippen molar-refractivity contribution in [2.75, 3.05) is 18.0 Å². The van der Waals surface area contributed by atoms with E-state index >= 15 is 0 Å². The van der Waals surface area contributed by atoms with E-state index in [2.05, 4.69) is 0 Å². The molecule has 2 aromatic carbocycles. The molecule has 5 heteroatoms. The van der Waals surface area contributed by atoms with Gasteiger partial charge in [-0.05, 0) is 42.7 Å². The molecule has 0 atom stereocenters. The predicted molar refractivity (Wildman–Crippen MR) is 109 cm³/mol. The van der Waals surface area contributed by atoms with Crippen molar-refractivity contribution in [3.63, 3.8) is 0 Å². The second-order valence-electron chi connectivity index (χ2n) is 6.93. The number of amides is 2. The highest BCUT2D eigenvalue weighted by molar-refractivity contribution is 6.37. The van der Waals surface area contributed by atoms with Gasteiger partial charge in [-0.2, -0.15) is 0 Å². The van der Waals surface area contributed by atoms with Crippen molar-refractivity contribution in [3.05, 3.63) is 70.9 Å². The van der Waals surface area contributed by atoms with Crippen molar-refractivity contribution >= 4 is 34.7 Å². The Morgan fingerprint density at radius 3 is 2.15 bits per heavy atom. The Morgan fingerprint density at radius 1 is 0.963 bits per heavy atom. The van der Waals surface area contributed by atoms with Crippen LogP contribution >= 0.6 is 11.6 Å². The quantitative estimate of drug-likeness (QED) is 0.685. The first-order valence-corrected chi connectivity index (χ1v) is 9.50. The van der Waals surface area contributed by atoms with Gasteiger partial charge in [-0.3, -0.25) is 14.5 Å². The fraction of sp³-hybridized carbons (Fsp3) is 0.273. The minimum atomic E-state index is -0.250. The minimum absolute atomic E-state index is 0.190. The Balaban J connectivity index is 2.17. The first kappa shape index (κ1) is 19.2. The number of likely N-dealkylation sites (N-methyl/N-ethyl adjacent to an activating group) is 1. The largest absolute Gasteiger partial charge is 0.337 e. The van der Waals surface area contributed by atoms with Crippen LogP contribution in [0.1, 0.15) is 26.3 Å². The maximum Gasteiger partial charge on any atom is 0.278 e. The molecule has 2 amide bonds. The molecule has 0 saturated carbocycles. The number of imide groups is 1. The Bertz CT molecular complexity index is 873. The fourth-order valence-corrected chi connectivity index (χ4v) is 3.43. The highest BCUT2D eigenvalue weighted by Gasteiger charge is 2.41. The summed E-state index contributed by atoms with van der Waals surface area (Å²) in [4.78, 5) is 29.7. The lowest BCUT2D eigenvalue weighted by atomic mass is 10.0. The Morgan fingerprint density at radius 2 is 1.59 bits per heavy atom. The summed E-state index contributed by atoms with van der Waals surface area (Å²) in [5, 5.41) is 0.590. The van der Waals surface area contributed by atoms with E-state index in [4.69, 9.17) is 11.6 Å². The molecule has 0 aromatic heterocycles. The first-order chi connectivity index (χ1) is 12.9. The molecule has 0 radical (unpaired) electrons. The highest BCUT2D eigenvalue weighted by Crippen LogP contribution is 2.34. The van der Waals surface area contributed by atoms with Crippen LogP contribution in [0.3, 0.4) is 0 Å². The lowest BCUT2D eigenvalue weighted by molar-refractivity contribution is -0.137. The number of anilines is 1. The molecule has 1 aliphatic rings. The number of para-hydroxylation sites is 1. The fourth-order valence-electron chi connectivity index (χ4n) is 3.30. The summed E-state index contributed by atoms with van der Waals surface area (Å²) in [6.07, 6.45) is 0. The van der Waals surface area contributed by atoms with E-state index < -0.39 is 0 Å². The zero-order valence-corrected chi connectivity index (χ0v) is 16.5. The minimum Gasteiger partial charge on any atom is -0.337 e. The van der Waals surface area contributed by atoms with E-state index in [0.29, 0.717) is 34.9 Å². The molecule has 4 nitrogen and oxygen atoms in total. The third kappa shape index (κ3) is 3.76. The molecule has 0 fully saturated rings. The van der Waals surface area contributed by atoms with E-state index in [9.17, 15) is 9.59 Å². The number of hydrogen-bond acceptors (Lipinski definition) is 3. The zero-order valence-electron chi connectivity index (χ0n) is 15.8. The zero-order chi connectivity index (χ0) is 19.6. The number of hydrogen-bond donors (Lipinski definition) is 0. The van der Waals surface area contributed by atoms with Gasteiger partial charge in [-0.15, -0.1) is 0 Å². The maximum absolute atomic E-state index is 13.3. The van der Waals surface area contributed by atoms with Gasteiger partial charge in [0.15, 0.2) is 0 Å². The van der Waals surface area contributed by atoms with Crippen LogP contribution < -0.4 is 4.90 Å². The number of rotatable bonds is 6. The molecule has 2 aromatic rings. The Kier molecular flexibility index (Phi) is 5.66. The molecule has 0 aliphatic carbocycles. The second-order valence-corrected chi connectivity index (χ2v) is 7.36. The smallest absolute Gasteiger partial charge is 0.278 e. The normalized spacial score (nSPS) is 14.5. The monoisotopic (exact) mass is 382 g/mol. The summed E-state index contributed by atoms with van der Waals surface area (Å²) in [5.74, 6) is -0.305. The standard InChI is InChI=1S/C22H23ClN2O2/c1-4-24(18-8-6-5-7-9-18)20-19(16-10-12-17(23)13-11-16)21(26)25(22(20)27)14-15(2)3/h5-13,15H,4,14H2,1-3H3. The van der Waals surface area contributed by atoms with Gasteiger partial charge in [0, 0.05) is 23.8 Å². The van der Waals surface area contributed by atoms with Crippen molar-refractivity contribution in [2.24, 2.45) is 5.92 Å². The van der Waals surface area contributed by atoms with Gasteiger partial charge in [0.05, 0.1) is 5.57 Å². The molecule has 140 valence electrons. The molecule has 1 aliphatic heterocycles. The van der Waals surface area contributed by atoms with Crippen molar-refractivity contribution in [1.82, 2.24) is 4.90 Å². The number of nitrogens with zero attached hydrogens (tertiary/aromatic N) is 2. The van der Waals surface area contributed by atoms with E-state index in [1.807, 2.05) is 56.0 Å². The number of benzene rings is 2. The molecule has 0 spiro atoms. The van der Waals surface area contributed by atoms with Crippen LogP contribution in [0.15, 0.2) is 60.3 Å². The predicted octanol–water partition coefficient (Wildman–Crippen LogP) is 4.60. The van der Waals surface area contributed by atoms with Crippen LogP contribution in [0.5, 0.6) is 0 Å². The van der Waals surface area contributed by atoms with E-state index in [1.165, 1.54) is 4.90 Å². The van der Waals surface area contributed by atoms with Crippen molar-refractivity contribution in [1.29, 1.82) is 0 Å². The molecule has 0 N–H and O–H groups in total. The van der Waals surface area contributed by atoms with Crippen molar-refractivity contribution in [3.8, 4) is 0 Å². The third-order valence-corrected chi connectivity index (χ3v) is 4.73. The average molecular weight is 383 g/mol. The molecular weight excluding hydrogens is 360 g/mol. The molecule has 0 unspecified atom stereocenters. The van der Waals surface area contributed by atoms with Crippen LogP contribution in [0.25, 0.3) is 5.57 Å². The molecule has 0 saturated heterocycles. The average Bonchev–Trinajstić information content (AvgIpc) is 2.89. The SMILES string of the molecule is CCN(C1=C(c2ccc(Cl)cc2)C(=O)N(CC(C)C)C1=O)c1ccccc1. The van der Waals surface area contributed by atoms with Crippen LogP contribution in [-0.2, 0) is 9.59 Å². The first-order valence-electron chi connectivity index (χ1n) is 9.13. The summed E-state index contributed by atoms with van der Waals surface area (Å²) >= 11 is 6.01. The number of carbonyl (C=O) groups excluding carboxylic acids is 2. The van der Waals surface area contributed by atoms with Gasteiger partial charge < -0.3 is 4.90 Å². The van der Waals surface area contributed by atoms with Gasteiger partial charge in [0.25, 0.3) is 11.8 Å². The second kappa shape index (κ2) is 7.97. The number of halogens is 1. The van der Waals surface area contributed by atoms with Gasteiger partial charge in [-0.1, -0.05) is 55.8 Å². The van der Waals surface area contributed by atoms with Crippen molar-refractivity contribution < 1.29 is 9.59 Å². The Labute approximate surface area is 165 Å². The summed E-state index contributed by atoms with van der Waals surface area (Å²) < 4.78 is 0. The van der Waals surface area contributed by atoms with Gasteiger partial charge in [0.2, 0.25) is 0 Å². The van der Waals surface area contributed by atoms with Crippen LogP contribution in [0.4, 0.5) is 5.69 Å². The lowest BCUT2D eigenvalue weighted by Crippen LogP contribution is -2.37. The van der Waals surface area contributed by atoms with Gasteiger partial charge in [0.1, 0.15) is 5.70 Å². The van der Waals surface area contributed by atoms with E-state index in [0.717, 1.165) is 5.69 Å². The van der Waals surface area contributed by atoms with E-state index in [-0.39, 0.29) is 17.7 Å². The molecule has 0 bridgehead atoms. The molecule has 3 rings (SSSR count). The van der Waals surface area contributed by atoms with Crippen LogP contribution in [-0.4, -0.2) is 29.8 Å². The Hall–Kier alpha value is -2.59. The molecular formula is C22H23ClN2O2. The topological polar surface area (TPSA) is 40.6 Å². The number of carbonyl (C=O) groups is 2. The summed E-state index contributed by atoms with van der Waals surface area (Å²) in [6, 6.07) is 16.7. The van der Waals surface area contributed by atoms with Gasteiger partial charge >= 0.3 is 0 Å². The summed E-state index contributed by atoms with van der Waals surface area (Å²) in [7, 11) is 0. The molecule has 1 heterocycles. The summed E-state index contributed by atoms with van der Waals surface area (Å²) in [6.45, 7) is 6.93. The van der Waals surface area contributed by atoms with Crippen LogP contribution in [0.2, 0.25) is 5.02 Å². The summed E-state index contributed by atoms with van der Waals surface area (Å²) in [5.41, 5.74) is 2.45. The van der Waals surface area contributed by atoms with Crippen molar-refractivity contribution in [2.45, 2.75) is 20.8 Å². The van der Waals surface area contributed by atoms with Gasteiger partial charge in [-0.25, -0.2) is 0 Å².